The summed E-state index contributed by atoms with van der Waals surface area (Å²) < 4.78 is 5.76. The van der Waals surface area contributed by atoms with Crippen LogP contribution in [0.3, 0.4) is 0 Å². The molecule has 0 spiro atoms. The van der Waals surface area contributed by atoms with Gasteiger partial charge in [-0.3, -0.25) is 19.3 Å². The molecule has 0 aliphatic carbocycles. The van der Waals surface area contributed by atoms with Gasteiger partial charge < -0.3 is 20.3 Å². The summed E-state index contributed by atoms with van der Waals surface area (Å²) >= 11 is 7.19. The number of thiophene rings is 1. The third kappa shape index (κ3) is 5.43. The lowest BCUT2D eigenvalue weighted by Crippen LogP contribution is -2.43. The largest absolute Gasteiger partial charge is 0.370 e. The van der Waals surface area contributed by atoms with Crippen LogP contribution in [0.2, 0.25) is 4.34 Å². The highest BCUT2D eigenvalue weighted by Gasteiger charge is 2.32. The van der Waals surface area contributed by atoms with Crippen LogP contribution in [0.1, 0.15) is 12.8 Å². The van der Waals surface area contributed by atoms with E-state index in [9.17, 15) is 14.4 Å². The van der Waals surface area contributed by atoms with Crippen LogP contribution in [0.25, 0.3) is 0 Å². The van der Waals surface area contributed by atoms with Crippen molar-refractivity contribution in [3.05, 3.63) is 40.7 Å². The van der Waals surface area contributed by atoms with Crippen molar-refractivity contribution in [1.29, 1.82) is 0 Å². The van der Waals surface area contributed by atoms with Gasteiger partial charge in [-0.2, -0.15) is 0 Å². The summed E-state index contributed by atoms with van der Waals surface area (Å²) in [5.41, 5.74) is 1.43. The van der Waals surface area contributed by atoms with Gasteiger partial charge in [0.2, 0.25) is 11.8 Å². The van der Waals surface area contributed by atoms with E-state index >= 15 is 0 Å². The molecule has 1 atom stereocenters. The number of nitrogens with one attached hydrogen (secondary N) is 2. The van der Waals surface area contributed by atoms with Gasteiger partial charge in [0, 0.05) is 17.9 Å². The van der Waals surface area contributed by atoms with Crippen LogP contribution < -0.4 is 15.5 Å². The highest BCUT2D eigenvalue weighted by molar-refractivity contribution is 7.20. The molecule has 2 aromatic rings. The van der Waals surface area contributed by atoms with Gasteiger partial charge in [-0.1, -0.05) is 11.6 Å². The number of likely N-dealkylation sites (tertiary alicyclic amines) is 1. The highest BCUT2D eigenvalue weighted by Crippen LogP contribution is 2.26. The van der Waals surface area contributed by atoms with Crippen LogP contribution in [-0.4, -0.2) is 61.5 Å². The summed E-state index contributed by atoms with van der Waals surface area (Å²) in [6.07, 6.45) is 1.55. The van der Waals surface area contributed by atoms with Crippen LogP contribution in [0, 0.1) is 0 Å². The molecule has 0 bridgehead atoms. The van der Waals surface area contributed by atoms with Crippen molar-refractivity contribution in [2.75, 3.05) is 48.4 Å². The molecule has 1 aromatic carbocycles. The van der Waals surface area contributed by atoms with Gasteiger partial charge in [-0.25, -0.2) is 0 Å². The maximum absolute atomic E-state index is 12.8. The maximum atomic E-state index is 12.8. The van der Waals surface area contributed by atoms with Gasteiger partial charge in [0.1, 0.15) is 6.61 Å². The molecule has 0 saturated carbocycles. The second-order valence-corrected chi connectivity index (χ2v) is 9.13. The molecule has 164 valence electrons. The van der Waals surface area contributed by atoms with Crippen LogP contribution >= 0.6 is 22.9 Å². The maximum Gasteiger partial charge on any atom is 0.253 e. The monoisotopic (exact) mass is 462 g/mol. The molecule has 2 saturated heterocycles. The number of hydrogen-bond acceptors (Lipinski definition) is 6. The number of halogens is 1. The second kappa shape index (κ2) is 9.78. The smallest absolute Gasteiger partial charge is 0.253 e. The predicted octanol–water partition coefficient (Wildman–Crippen LogP) is 2.81. The number of carbonyl (C=O) groups excluding carboxylic acids is 3. The molecule has 10 heteroatoms. The van der Waals surface area contributed by atoms with E-state index in [0.717, 1.165) is 12.1 Å². The second-order valence-electron chi connectivity index (χ2n) is 7.41. The molecule has 3 heterocycles. The summed E-state index contributed by atoms with van der Waals surface area (Å²) in [5.74, 6) is -0.384. The lowest BCUT2D eigenvalue weighted by Gasteiger charge is -2.27. The number of rotatable bonds is 6. The van der Waals surface area contributed by atoms with E-state index < -0.39 is 0 Å². The molecule has 31 heavy (non-hydrogen) atoms. The zero-order valence-electron chi connectivity index (χ0n) is 16.8. The van der Waals surface area contributed by atoms with E-state index in [0.29, 0.717) is 41.1 Å². The Morgan fingerprint density at radius 2 is 1.94 bits per heavy atom. The van der Waals surface area contributed by atoms with Crippen molar-refractivity contribution < 1.29 is 19.1 Å². The molecule has 3 amide bonds. The Balaban J connectivity index is 1.32. The normalized spacial score (nSPS) is 19.5. The first kappa shape index (κ1) is 21.8. The van der Waals surface area contributed by atoms with Crippen molar-refractivity contribution in [2.45, 2.75) is 18.9 Å². The van der Waals surface area contributed by atoms with E-state index in [4.69, 9.17) is 16.3 Å². The molecular weight excluding hydrogens is 440 g/mol. The van der Waals surface area contributed by atoms with E-state index in [1.165, 1.54) is 11.3 Å². The minimum atomic E-state index is -0.363. The minimum Gasteiger partial charge on any atom is -0.370 e. The quantitative estimate of drug-likeness (QED) is 0.688. The fourth-order valence-electron chi connectivity index (χ4n) is 3.80. The fraction of sp³-hybridized carbons (Fsp3) is 0.381. The van der Waals surface area contributed by atoms with E-state index in [2.05, 4.69) is 10.6 Å². The van der Waals surface area contributed by atoms with Gasteiger partial charge in [0.05, 0.1) is 28.5 Å². The van der Waals surface area contributed by atoms with Crippen LogP contribution in [0.5, 0.6) is 0 Å². The van der Waals surface area contributed by atoms with Gasteiger partial charge in [-0.15, -0.1) is 11.3 Å². The number of amides is 3. The summed E-state index contributed by atoms with van der Waals surface area (Å²) in [7, 11) is 0. The van der Waals surface area contributed by atoms with E-state index in [-0.39, 0.29) is 36.9 Å². The van der Waals surface area contributed by atoms with Gasteiger partial charge in [0.15, 0.2) is 0 Å². The number of benzene rings is 1. The number of anilines is 3. The minimum absolute atomic E-state index is 0.0762. The Bertz CT molecular complexity index is 965. The molecular formula is C21H23ClN4O4S. The third-order valence-electron chi connectivity index (χ3n) is 5.28. The molecule has 2 fully saturated rings. The topological polar surface area (TPSA) is 91.0 Å². The Hall–Kier alpha value is -2.46. The molecule has 2 N–H and O–H groups in total. The number of morpholine rings is 1. The molecule has 4 rings (SSSR count). The average molecular weight is 463 g/mol. The van der Waals surface area contributed by atoms with E-state index in [1.807, 2.05) is 17.0 Å². The molecule has 2 aliphatic rings. The van der Waals surface area contributed by atoms with E-state index in [1.54, 1.807) is 29.2 Å². The Morgan fingerprint density at radius 3 is 2.65 bits per heavy atom. The first-order chi connectivity index (χ1) is 15.0. The Labute approximate surface area is 189 Å². The molecule has 8 nitrogen and oxygen atoms in total. The zero-order chi connectivity index (χ0) is 21.8. The molecule has 0 unspecified atom stereocenters. The molecule has 0 radical (unpaired) electrons. The van der Waals surface area contributed by atoms with Crippen molar-refractivity contribution in [1.82, 2.24) is 4.90 Å². The van der Waals surface area contributed by atoms with Gasteiger partial charge in [-0.05, 0) is 55.8 Å². The fourth-order valence-corrected chi connectivity index (χ4v) is 4.76. The van der Waals surface area contributed by atoms with Crippen molar-refractivity contribution in [3.63, 3.8) is 0 Å². The third-order valence-corrected chi connectivity index (χ3v) is 6.43. The summed E-state index contributed by atoms with van der Waals surface area (Å²) in [5, 5.41) is 6.44. The lowest BCUT2D eigenvalue weighted by atomic mass is 10.2. The average Bonchev–Trinajstić information content (AvgIpc) is 3.38. The first-order valence-corrected chi connectivity index (χ1v) is 11.3. The summed E-state index contributed by atoms with van der Waals surface area (Å²) in [6.45, 7) is 1.94. The SMILES string of the molecule is O=C(CN1CCC[C@@H]1C(=O)Nc1ccc(N2CCOCC2=O)cc1)Nc1ccc(Cl)s1. The van der Waals surface area contributed by atoms with Crippen molar-refractivity contribution in [2.24, 2.45) is 0 Å². The Kier molecular flexibility index (Phi) is 6.86. The lowest BCUT2D eigenvalue weighted by molar-refractivity contribution is -0.126. The molecule has 1 aromatic heterocycles. The highest BCUT2D eigenvalue weighted by atomic mass is 35.5. The van der Waals surface area contributed by atoms with Crippen LogP contribution in [0.4, 0.5) is 16.4 Å². The van der Waals surface area contributed by atoms with Crippen LogP contribution in [-0.2, 0) is 19.1 Å². The number of ether oxygens (including phenoxy) is 1. The van der Waals surface area contributed by atoms with Crippen molar-refractivity contribution in [3.8, 4) is 0 Å². The summed E-state index contributed by atoms with van der Waals surface area (Å²) in [4.78, 5) is 40.7. The molecule has 2 aliphatic heterocycles. The predicted molar refractivity (Wildman–Crippen MR) is 121 cm³/mol. The zero-order valence-corrected chi connectivity index (χ0v) is 18.4. The van der Waals surface area contributed by atoms with Crippen LogP contribution in [0.15, 0.2) is 36.4 Å². The van der Waals surface area contributed by atoms with Gasteiger partial charge >= 0.3 is 0 Å². The Morgan fingerprint density at radius 1 is 1.13 bits per heavy atom. The number of carbonyl (C=O) groups is 3. The summed E-state index contributed by atoms with van der Waals surface area (Å²) in [6, 6.07) is 10.3. The standard InChI is InChI=1S/C21H23ClN4O4S/c22-17-7-8-19(31-17)24-18(27)12-25-9-1-2-16(25)21(29)23-14-3-5-15(6-4-14)26-10-11-30-13-20(26)28/h3-8,16H,1-2,9-13H2,(H,23,29)(H,24,27)/t16-/m1/s1. The number of nitrogens with zero attached hydrogens (tertiary/aromatic N) is 2. The van der Waals surface area contributed by atoms with Gasteiger partial charge in [0.25, 0.3) is 5.91 Å². The first-order valence-electron chi connectivity index (χ1n) is 10.1. The number of hydrogen-bond donors (Lipinski definition) is 2. The van der Waals surface area contributed by atoms with Crippen molar-refractivity contribution >= 4 is 57.0 Å².